The summed E-state index contributed by atoms with van der Waals surface area (Å²) >= 11 is 1.32. The molecule has 0 spiro atoms. The van der Waals surface area contributed by atoms with Gasteiger partial charge in [0.15, 0.2) is 5.13 Å². The molecule has 0 bridgehead atoms. The highest BCUT2D eigenvalue weighted by Gasteiger charge is 2.27. The van der Waals surface area contributed by atoms with E-state index in [1.807, 2.05) is 30.3 Å². The lowest BCUT2D eigenvalue weighted by atomic mass is 9.91. The van der Waals surface area contributed by atoms with E-state index in [2.05, 4.69) is 10.3 Å². The van der Waals surface area contributed by atoms with Gasteiger partial charge in [-0.05, 0) is 24.8 Å². The van der Waals surface area contributed by atoms with Crippen LogP contribution in [0.2, 0.25) is 0 Å². The number of benzene rings is 1. The fourth-order valence-electron chi connectivity index (χ4n) is 2.49. The van der Waals surface area contributed by atoms with E-state index >= 15 is 0 Å². The van der Waals surface area contributed by atoms with Gasteiger partial charge in [0.25, 0.3) is 0 Å². The van der Waals surface area contributed by atoms with E-state index in [9.17, 15) is 9.59 Å². The summed E-state index contributed by atoms with van der Waals surface area (Å²) in [6, 6.07) is 9.41. The summed E-state index contributed by atoms with van der Waals surface area (Å²) in [5.41, 5.74) is 1.79. The average Bonchev–Trinajstić information content (AvgIpc) is 2.95. The maximum Gasteiger partial charge on any atom is 0.413 e. The van der Waals surface area contributed by atoms with Crippen LogP contribution in [0.15, 0.2) is 30.3 Å². The summed E-state index contributed by atoms with van der Waals surface area (Å²) in [5, 5.41) is 12.2. The number of hydrogen-bond donors (Lipinski definition) is 2. The van der Waals surface area contributed by atoms with Crippen LogP contribution in [-0.4, -0.2) is 22.2 Å². The molecule has 0 aliphatic heterocycles. The highest BCUT2D eigenvalue weighted by atomic mass is 32.1. The van der Waals surface area contributed by atoms with Crippen molar-refractivity contribution in [3.63, 3.8) is 0 Å². The highest BCUT2D eigenvalue weighted by Crippen LogP contribution is 2.32. The van der Waals surface area contributed by atoms with Crippen molar-refractivity contribution in [1.29, 1.82) is 0 Å². The van der Waals surface area contributed by atoms with Crippen LogP contribution >= 0.6 is 11.3 Å². The Kier molecular flexibility index (Phi) is 4.57. The van der Waals surface area contributed by atoms with Gasteiger partial charge in [0.05, 0.1) is 11.6 Å². The Bertz CT molecular complexity index is 714. The molecule has 0 fully saturated rings. The number of nitrogens with zero attached hydrogens (tertiary/aromatic N) is 1. The second-order valence-corrected chi connectivity index (χ2v) is 6.44. The molecule has 1 aliphatic carbocycles. The van der Waals surface area contributed by atoms with Gasteiger partial charge in [-0.2, -0.15) is 0 Å². The number of ether oxygens (including phenoxy) is 1. The van der Waals surface area contributed by atoms with Gasteiger partial charge in [0, 0.05) is 4.88 Å². The van der Waals surface area contributed by atoms with Gasteiger partial charge in [-0.1, -0.05) is 30.3 Å². The number of fused-ring (bicyclic) bond motifs is 1. The predicted octanol–water partition coefficient (Wildman–Crippen LogP) is 3.08. The third kappa shape index (κ3) is 3.87. The Morgan fingerprint density at radius 2 is 2.13 bits per heavy atom. The zero-order chi connectivity index (χ0) is 16.2. The Morgan fingerprint density at radius 3 is 2.87 bits per heavy atom. The molecular formula is C16H16N2O4S. The summed E-state index contributed by atoms with van der Waals surface area (Å²) in [4.78, 5) is 28.2. The lowest BCUT2D eigenvalue weighted by molar-refractivity contribution is -0.142. The van der Waals surface area contributed by atoms with Gasteiger partial charge >= 0.3 is 12.1 Å². The van der Waals surface area contributed by atoms with Crippen molar-refractivity contribution in [3.8, 4) is 0 Å². The average molecular weight is 332 g/mol. The number of carboxylic acid groups (broad SMARTS) is 1. The molecule has 120 valence electrons. The molecular weight excluding hydrogens is 316 g/mol. The van der Waals surface area contributed by atoms with E-state index < -0.39 is 12.1 Å². The summed E-state index contributed by atoms with van der Waals surface area (Å²) in [5.74, 6) is -1.14. The fourth-order valence-corrected chi connectivity index (χ4v) is 3.56. The first-order valence-electron chi connectivity index (χ1n) is 7.31. The van der Waals surface area contributed by atoms with Gasteiger partial charge in [-0.15, -0.1) is 11.3 Å². The molecule has 7 heteroatoms. The predicted molar refractivity (Wildman–Crippen MR) is 85.5 cm³/mol. The van der Waals surface area contributed by atoms with Crippen LogP contribution in [0.25, 0.3) is 0 Å². The van der Waals surface area contributed by atoms with Crippen LogP contribution in [0.1, 0.15) is 22.6 Å². The molecule has 1 aliphatic rings. The Morgan fingerprint density at radius 1 is 1.35 bits per heavy atom. The first-order valence-corrected chi connectivity index (χ1v) is 8.12. The van der Waals surface area contributed by atoms with Gasteiger partial charge in [-0.3, -0.25) is 10.1 Å². The number of aryl methyl sites for hydroxylation is 1. The maximum atomic E-state index is 11.8. The molecule has 1 aromatic heterocycles. The molecule has 0 radical (unpaired) electrons. The number of carboxylic acids is 1. The van der Waals surface area contributed by atoms with Gasteiger partial charge < -0.3 is 9.84 Å². The molecule has 1 aromatic carbocycles. The number of nitrogens with one attached hydrogen (secondary N) is 1. The van der Waals surface area contributed by atoms with Crippen LogP contribution in [0.3, 0.4) is 0 Å². The van der Waals surface area contributed by atoms with Crippen LogP contribution in [0.4, 0.5) is 9.93 Å². The van der Waals surface area contributed by atoms with Crippen LogP contribution in [0.5, 0.6) is 0 Å². The van der Waals surface area contributed by atoms with Gasteiger partial charge in [0.2, 0.25) is 0 Å². The van der Waals surface area contributed by atoms with Crippen LogP contribution in [0, 0.1) is 5.92 Å². The normalized spacial score (nSPS) is 16.4. The number of hydrogen-bond acceptors (Lipinski definition) is 5. The Labute approximate surface area is 137 Å². The quantitative estimate of drug-likeness (QED) is 0.898. The molecule has 1 atom stereocenters. The molecule has 2 aromatic rings. The topological polar surface area (TPSA) is 88.5 Å². The van der Waals surface area contributed by atoms with E-state index in [1.54, 1.807) is 0 Å². The molecule has 2 N–H and O–H groups in total. The van der Waals surface area contributed by atoms with E-state index in [-0.39, 0.29) is 12.5 Å². The minimum absolute atomic E-state index is 0.193. The van der Waals surface area contributed by atoms with Crippen molar-refractivity contribution in [2.24, 2.45) is 5.92 Å². The number of thiazole rings is 1. The molecule has 3 rings (SSSR count). The van der Waals surface area contributed by atoms with Gasteiger partial charge in [0.1, 0.15) is 6.61 Å². The zero-order valence-electron chi connectivity index (χ0n) is 12.3. The summed E-state index contributed by atoms with van der Waals surface area (Å²) in [6.07, 6.45) is 1.13. The third-order valence-corrected chi connectivity index (χ3v) is 4.75. The smallest absolute Gasteiger partial charge is 0.413 e. The summed E-state index contributed by atoms with van der Waals surface area (Å²) < 4.78 is 5.15. The van der Waals surface area contributed by atoms with Crippen LogP contribution < -0.4 is 5.32 Å². The number of rotatable bonds is 4. The zero-order valence-corrected chi connectivity index (χ0v) is 13.1. The van der Waals surface area contributed by atoms with Crippen molar-refractivity contribution in [1.82, 2.24) is 4.98 Å². The molecule has 0 saturated carbocycles. The lowest BCUT2D eigenvalue weighted by Gasteiger charge is -2.16. The number of aliphatic carboxylic acids is 1. The fraction of sp³-hybridized carbons (Fsp3) is 0.312. The van der Waals surface area contributed by atoms with Crippen molar-refractivity contribution in [2.75, 3.05) is 5.32 Å². The van der Waals surface area contributed by atoms with E-state index in [0.29, 0.717) is 24.4 Å². The van der Waals surface area contributed by atoms with Crippen molar-refractivity contribution >= 4 is 28.5 Å². The van der Waals surface area contributed by atoms with Gasteiger partial charge in [-0.25, -0.2) is 9.78 Å². The Hall–Kier alpha value is -2.41. The van der Waals surface area contributed by atoms with Crippen molar-refractivity contribution in [2.45, 2.75) is 25.9 Å². The molecule has 0 saturated heterocycles. The van der Waals surface area contributed by atoms with Crippen molar-refractivity contribution in [3.05, 3.63) is 46.5 Å². The number of carbonyl (C=O) groups is 2. The highest BCUT2D eigenvalue weighted by molar-refractivity contribution is 7.15. The SMILES string of the molecule is O=C(Nc1nc2c(s1)CC(C(=O)O)CC2)OCc1ccccc1. The summed E-state index contributed by atoms with van der Waals surface area (Å²) in [6.45, 7) is 0.193. The lowest BCUT2D eigenvalue weighted by Crippen LogP contribution is -2.21. The standard InChI is InChI=1S/C16H16N2O4S/c19-14(20)11-6-7-12-13(8-11)23-15(17-12)18-16(21)22-9-10-4-2-1-3-5-10/h1-5,11H,6-9H2,(H,19,20)(H,17,18,21). The maximum absolute atomic E-state index is 11.8. The molecule has 1 heterocycles. The monoisotopic (exact) mass is 332 g/mol. The van der Waals surface area contributed by atoms with E-state index in [1.165, 1.54) is 11.3 Å². The third-order valence-electron chi connectivity index (χ3n) is 3.71. The second kappa shape index (κ2) is 6.78. The molecule has 23 heavy (non-hydrogen) atoms. The van der Waals surface area contributed by atoms with Crippen molar-refractivity contribution < 1.29 is 19.4 Å². The molecule has 1 amide bonds. The number of amides is 1. The molecule has 1 unspecified atom stereocenters. The van der Waals surface area contributed by atoms with E-state index in [4.69, 9.17) is 9.84 Å². The first kappa shape index (κ1) is 15.5. The first-order chi connectivity index (χ1) is 11.1. The second-order valence-electron chi connectivity index (χ2n) is 5.35. The van der Waals surface area contributed by atoms with E-state index in [0.717, 1.165) is 16.1 Å². The number of aromatic nitrogens is 1. The Balaban J connectivity index is 1.56. The number of anilines is 1. The minimum atomic E-state index is -0.777. The molecule has 6 nitrogen and oxygen atoms in total. The van der Waals surface area contributed by atoms with Crippen LogP contribution in [-0.2, 0) is 29.0 Å². The largest absolute Gasteiger partial charge is 0.481 e. The summed E-state index contributed by atoms with van der Waals surface area (Å²) in [7, 11) is 0. The minimum Gasteiger partial charge on any atom is -0.481 e. The number of carbonyl (C=O) groups excluding carboxylic acids is 1.